The Hall–Kier alpha value is -1.08. The maximum absolute atomic E-state index is 11.1. The molecule has 1 aromatic rings. The van der Waals surface area contributed by atoms with Crippen molar-refractivity contribution in [3.05, 3.63) is 47.5 Å². The lowest BCUT2D eigenvalue weighted by molar-refractivity contribution is -0.109. The SMILES string of the molecule is CCCC[C@@](C)(/C=C/[C@H](CCCCl)c1ccc(C)cc1)CC=O. The fourth-order valence-corrected chi connectivity index (χ4v) is 3.01. The van der Waals surface area contributed by atoms with E-state index in [4.69, 9.17) is 11.6 Å². The summed E-state index contributed by atoms with van der Waals surface area (Å²) < 4.78 is 0. The predicted octanol–water partition coefficient (Wildman–Crippen LogP) is 6.44. The third-order valence-corrected chi connectivity index (χ3v) is 4.80. The first-order chi connectivity index (χ1) is 11.0. The summed E-state index contributed by atoms with van der Waals surface area (Å²) in [5.41, 5.74) is 2.59. The summed E-state index contributed by atoms with van der Waals surface area (Å²) >= 11 is 5.90. The van der Waals surface area contributed by atoms with Crippen LogP contribution in [0.15, 0.2) is 36.4 Å². The molecule has 23 heavy (non-hydrogen) atoms. The number of carbonyl (C=O) groups is 1. The van der Waals surface area contributed by atoms with Gasteiger partial charge >= 0.3 is 0 Å². The van der Waals surface area contributed by atoms with Gasteiger partial charge in [0.1, 0.15) is 6.29 Å². The van der Waals surface area contributed by atoms with Gasteiger partial charge in [0.25, 0.3) is 0 Å². The molecule has 1 rings (SSSR count). The van der Waals surface area contributed by atoms with Crippen LogP contribution in [0, 0.1) is 12.3 Å². The lowest BCUT2D eigenvalue weighted by Gasteiger charge is -2.24. The molecule has 0 N–H and O–H groups in total. The third-order valence-electron chi connectivity index (χ3n) is 4.54. The lowest BCUT2D eigenvalue weighted by atomic mass is 9.80. The average molecular weight is 335 g/mol. The topological polar surface area (TPSA) is 17.1 Å². The van der Waals surface area contributed by atoms with E-state index >= 15 is 0 Å². The number of benzene rings is 1. The minimum atomic E-state index is -0.0261. The van der Waals surface area contributed by atoms with Crippen molar-refractivity contribution in [2.24, 2.45) is 5.41 Å². The van der Waals surface area contributed by atoms with Crippen molar-refractivity contribution in [2.45, 2.75) is 65.2 Å². The van der Waals surface area contributed by atoms with Gasteiger partial charge in [-0.05, 0) is 37.2 Å². The highest BCUT2D eigenvalue weighted by molar-refractivity contribution is 6.17. The van der Waals surface area contributed by atoms with Crippen LogP contribution in [0.4, 0.5) is 0 Å². The number of halogens is 1. The molecule has 0 aliphatic rings. The Morgan fingerprint density at radius 1 is 1.22 bits per heavy atom. The number of aldehydes is 1. The van der Waals surface area contributed by atoms with Crippen LogP contribution >= 0.6 is 11.6 Å². The molecular formula is C21H31ClO. The monoisotopic (exact) mass is 334 g/mol. The number of alkyl halides is 1. The zero-order valence-electron chi connectivity index (χ0n) is 14.9. The largest absolute Gasteiger partial charge is 0.303 e. The van der Waals surface area contributed by atoms with E-state index in [9.17, 15) is 4.79 Å². The first-order valence-electron chi connectivity index (χ1n) is 8.80. The highest BCUT2D eigenvalue weighted by Crippen LogP contribution is 2.32. The highest BCUT2D eigenvalue weighted by atomic mass is 35.5. The van der Waals surface area contributed by atoms with E-state index < -0.39 is 0 Å². The van der Waals surface area contributed by atoms with E-state index in [2.05, 4.69) is 57.2 Å². The standard InChI is InChI=1S/C21H31ClO/c1-4-5-13-21(3,15-17-23)14-12-19(7-6-16-22)20-10-8-18(2)9-11-20/h8-12,14,17,19H,4-7,13,15-16H2,1-3H3/b14-12+/t19-,21-/m0/s1. The maximum Gasteiger partial charge on any atom is 0.120 e. The van der Waals surface area contributed by atoms with Gasteiger partial charge in [0.05, 0.1) is 0 Å². The van der Waals surface area contributed by atoms with Crippen LogP contribution in [0.25, 0.3) is 0 Å². The fraction of sp³-hybridized carbons (Fsp3) is 0.571. The number of rotatable bonds is 11. The van der Waals surface area contributed by atoms with Gasteiger partial charge in [-0.3, -0.25) is 0 Å². The van der Waals surface area contributed by atoms with E-state index in [0.29, 0.717) is 18.2 Å². The second-order valence-corrected chi connectivity index (χ2v) is 7.21. The van der Waals surface area contributed by atoms with Crippen LogP contribution in [0.2, 0.25) is 0 Å². The molecule has 0 saturated heterocycles. The molecule has 0 heterocycles. The molecule has 128 valence electrons. The summed E-state index contributed by atoms with van der Waals surface area (Å²) in [4.78, 5) is 11.1. The van der Waals surface area contributed by atoms with Gasteiger partial charge in [-0.25, -0.2) is 0 Å². The number of carbonyl (C=O) groups excluding carboxylic acids is 1. The van der Waals surface area contributed by atoms with Crippen molar-refractivity contribution in [1.82, 2.24) is 0 Å². The van der Waals surface area contributed by atoms with E-state index in [1.807, 2.05) is 0 Å². The molecule has 2 heteroatoms. The number of hydrogen-bond acceptors (Lipinski definition) is 1. The minimum absolute atomic E-state index is 0.0261. The molecule has 0 aromatic heterocycles. The molecule has 0 bridgehead atoms. The van der Waals surface area contributed by atoms with E-state index in [1.54, 1.807) is 0 Å². The molecule has 0 saturated carbocycles. The summed E-state index contributed by atoms with van der Waals surface area (Å²) in [5.74, 6) is 1.07. The van der Waals surface area contributed by atoms with Crippen molar-refractivity contribution >= 4 is 17.9 Å². The Bertz CT molecular complexity index is 477. The van der Waals surface area contributed by atoms with Crippen LogP contribution < -0.4 is 0 Å². The smallest absolute Gasteiger partial charge is 0.120 e. The quantitative estimate of drug-likeness (QED) is 0.258. The zero-order chi connectivity index (χ0) is 17.1. The minimum Gasteiger partial charge on any atom is -0.303 e. The maximum atomic E-state index is 11.1. The predicted molar refractivity (Wildman–Crippen MR) is 101 cm³/mol. The van der Waals surface area contributed by atoms with Gasteiger partial charge in [-0.1, -0.05) is 68.7 Å². The molecule has 0 spiro atoms. The Labute approximate surface area is 147 Å². The molecule has 2 atom stereocenters. The summed E-state index contributed by atoms with van der Waals surface area (Å²) in [6.45, 7) is 6.50. The van der Waals surface area contributed by atoms with Crippen molar-refractivity contribution in [3.8, 4) is 0 Å². The summed E-state index contributed by atoms with van der Waals surface area (Å²) in [5, 5.41) is 0. The van der Waals surface area contributed by atoms with Gasteiger partial charge in [-0.2, -0.15) is 0 Å². The Kier molecular flexibility index (Phi) is 9.24. The van der Waals surface area contributed by atoms with Crippen molar-refractivity contribution in [2.75, 3.05) is 5.88 Å². The van der Waals surface area contributed by atoms with Crippen molar-refractivity contribution in [3.63, 3.8) is 0 Å². The normalized spacial score (nSPS) is 15.5. The Morgan fingerprint density at radius 3 is 2.48 bits per heavy atom. The van der Waals surface area contributed by atoms with Crippen molar-refractivity contribution in [1.29, 1.82) is 0 Å². The van der Waals surface area contributed by atoms with Crippen LogP contribution in [0.5, 0.6) is 0 Å². The average Bonchev–Trinajstić information content (AvgIpc) is 2.54. The van der Waals surface area contributed by atoms with E-state index in [1.165, 1.54) is 11.1 Å². The van der Waals surface area contributed by atoms with Crippen molar-refractivity contribution < 1.29 is 4.79 Å². The number of hydrogen-bond donors (Lipinski definition) is 0. The summed E-state index contributed by atoms with van der Waals surface area (Å²) in [7, 11) is 0. The molecular weight excluding hydrogens is 304 g/mol. The van der Waals surface area contributed by atoms with Gasteiger partial charge in [0.2, 0.25) is 0 Å². The molecule has 1 aromatic carbocycles. The third kappa shape index (κ3) is 7.35. The number of unbranched alkanes of at least 4 members (excludes halogenated alkanes) is 1. The van der Waals surface area contributed by atoms with Gasteiger partial charge in [0.15, 0.2) is 0 Å². The first kappa shape index (κ1) is 20.0. The van der Waals surface area contributed by atoms with Crippen LogP contribution in [-0.4, -0.2) is 12.2 Å². The molecule has 0 amide bonds. The second-order valence-electron chi connectivity index (χ2n) is 6.84. The lowest BCUT2D eigenvalue weighted by Crippen LogP contribution is -2.14. The summed E-state index contributed by atoms with van der Waals surface area (Å²) in [6, 6.07) is 8.75. The molecule has 0 aliphatic heterocycles. The van der Waals surface area contributed by atoms with Crippen LogP contribution in [-0.2, 0) is 4.79 Å². The van der Waals surface area contributed by atoms with E-state index in [-0.39, 0.29) is 5.41 Å². The first-order valence-corrected chi connectivity index (χ1v) is 9.33. The fourth-order valence-electron chi connectivity index (χ4n) is 2.86. The Balaban J connectivity index is 2.92. The van der Waals surface area contributed by atoms with Gasteiger partial charge < -0.3 is 4.79 Å². The van der Waals surface area contributed by atoms with Crippen LogP contribution in [0.3, 0.4) is 0 Å². The number of allylic oxidation sites excluding steroid dienone is 2. The van der Waals surface area contributed by atoms with Gasteiger partial charge in [0, 0.05) is 18.2 Å². The highest BCUT2D eigenvalue weighted by Gasteiger charge is 2.20. The van der Waals surface area contributed by atoms with Crippen LogP contribution in [0.1, 0.15) is 69.4 Å². The second kappa shape index (κ2) is 10.6. The summed E-state index contributed by atoms with van der Waals surface area (Å²) in [6.07, 6.45) is 11.7. The van der Waals surface area contributed by atoms with E-state index in [0.717, 1.165) is 38.4 Å². The van der Waals surface area contributed by atoms with Gasteiger partial charge in [-0.15, -0.1) is 11.6 Å². The number of aryl methyl sites for hydroxylation is 1. The molecule has 0 fully saturated rings. The molecule has 0 unspecified atom stereocenters. The Morgan fingerprint density at radius 2 is 1.91 bits per heavy atom. The molecule has 0 radical (unpaired) electrons. The molecule has 0 aliphatic carbocycles. The zero-order valence-corrected chi connectivity index (χ0v) is 15.6. The molecule has 1 nitrogen and oxygen atoms in total.